The first-order valence-electron chi connectivity index (χ1n) is 5.07. The van der Waals surface area contributed by atoms with Crippen LogP contribution in [-0.2, 0) is 7.05 Å². The second kappa shape index (κ2) is 4.33. The second-order valence-corrected chi connectivity index (χ2v) is 3.79. The number of carbonyl (C=O) groups is 1. The zero-order valence-electron chi connectivity index (χ0n) is 9.69. The summed E-state index contributed by atoms with van der Waals surface area (Å²) in [5, 5.41) is 4.06. The quantitative estimate of drug-likeness (QED) is 0.805. The summed E-state index contributed by atoms with van der Waals surface area (Å²) in [6.07, 6.45) is 1.64. The molecule has 0 fully saturated rings. The van der Waals surface area contributed by atoms with E-state index in [2.05, 4.69) is 5.10 Å². The van der Waals surface area contributed by atoms with Crippen molar-refractivity contribution in [2.45, 2.75) is 26.8 Å². The zero-order chi connectivity index (χ0) is 11.6. The maximum absolute atomic E-state index is 12.0. The van der Waals surface area contributed by atoms with E-state index < -0.39 is 0 Å². The van der Waals surface area contributed by atoms with Crippen LogP contribution < -0.4 is 5.73 Å². The topological polar surface area (TPSA) is 64.2 Å². The molecule has 15 heavy (non-hydrogen) atoms. The summed E-state index contributed by atoms with van der Waals surface area (Å²) in [4.78, 5) is 13.8. The Morgan fingerprint density at radius 3 is 2.60 bits per heavy atom. The molecule has 1 rings (SSSR count). The van der Waals surface area contributed by atoms with Crippen LogP contribution in [-0.4, -0.2) is 33.2 Å². The van der Waals surface area contributed by atoms with Crippen LogP contribution in [0, 0.1) is 0 Å². The fraction of sp³-hybridized carbons (Fsp3) is 0.600. The average molecular weight is 210 g/mol. The molecule has 84 valence electrons. The molecule has 1 heterocycles. The molecule has 5 heteroatoms. The SMILES string of the molecule is CCN(C(=O)c1nn(C)cc1N)C(C)C. The Kier molecular flexibility index (Phi) is 3.34. The molecule has 1 aromatic rings. The molecule has 5 nitrogen and oxygen atoms in total. The van der Waals surface area contributed by atoms with Crippen LogP contribution >= 0.6 is 0 Å². The van der Waals surface area contributed by atoms with Crippen LogP contribution in [0.2, 0.25) is 0 Å². The van der Waals surface area contributed by atoms with Gasteiger partial charge in [0.25, 0.3) is 5.91 Å². The number of hydrogen-bond donors (Lipinski definition) is 1. The highest BCUT2D eigenvalue weighted by Crippen LogP contribution is 2.13. The van der Waals surface area contributed by atoms with Crippen molar-refractivity contribution in [1.82, 2.24) is 14.7 Å². The van der Waals surface area contributed by atoms with Crippen molar-refractivity contribution in [3.05, 3.63) is 11.9 Å². The van der Waals surface area contributed by atoms with Crippen LogP contribution in [0.5, 0.6) is 0 Å². The highest BCUT2D eigenvalue weighted by Gasteiger charge is 2.21. The van der Waals surface area contributed by atoms with E-state index >= 15 is 0 Å². The van der Waals surface area contributed by atoms with E-state index in [0.29, 0.717) is 17.9 Å². The number of nitrogens with zero attached hydrogens (tertiary/aromatic N) is 3. The van der Waals surface area contributed by atoms with E-state index in [1.807, 2.05) is 20.8 Å². The van der Waals surface area contributed by atoms with Crippen LogP contribution in [0.25, 0.3) is 0 Å². The molecule has 0 unspecified atom stereocenters. The van der Waals surface area contributed by atoms with Crippen molar-refractivity contribution in [3.63, 3.8) is 0 Å². The molecular weight excluding hydrogens is 192 g/mol. The minimum atomic E-state index is -0.106. The summed E-state index contributed by atoms with van der Waals surface area (Å²) in [7, 11) is 1.75. The number of nitrogen functional groups attached to an aromatic ring is 1. The fourth-order valence-corrected chi connectivity index (χ4v) is 1.55. The molecule has 0 aliphatic heterocycles. The van der Waals surface area contributed by atoms with Gasteiger partial charge < -0.3 is 10.6 Å². The molecule has 1 amide bonds. The van der Waals surface area contributed by atoms with Crippen molar-refractivity contribution in [2.75, 3.05) is 12.3 Å². The fourth-order valence-electron chi connectivity index (χ4n) is 1.55. The summed E-state index contributed by atoms with van der Waals surface area (Å²) >= 11 is 0. The lowest BCUT2D eigenvalue weighted by atomic mass is 10.2. The maximum Gasteiger partial charge on any atom is 0.276 e. The van der Waals surface area contributed by atoms with Crippen molar-refractivity contribution in [3.8, 4) is 0 Å². The summed E-state index contributed by atoms with van der Waals surface area (Å²) in [6, 6.07) is 0.156. The Balaban J connectivity index is 2.97. The minimum absolute atomic E-state index is 0.106. The number of rotatable bonds is 3. The first-order chi connectivity index (χ1) is 6.97. The number of hydrogen-bond acceptors (Lipinski definition) is 3. The molecule has 0 saturated carbocycles. The van der Waals surface area contributed by atoms with Gasteiger partial charge in [0.05, 0.1) is 5.69 Å². The summed E-state index contributed by atoms with van der Waals surface area (Å²) in [5.41, 5.74) is 6.48. The second-order valence-electron chi connectivity index (χ2n) is 3.79. The van der Waals surface area contributed by atoms with E-state index in [-0.39, 0.29) is 11.9 Å². The van der Waals surface area contributed by atoms with Crippen molar-refractivity contribution < 1.29 is 4.79 Å². The monoisotopic (exact) mass is 210 g/mol. The summed E-state index contributed by atoms with van der Waals surface area (Å²) < 4.78 is 1.55. The van der Waals surface area contributed by atoms with Gasteiger partial charge in [-0.25, -0.2) is 0 Å². The van der Waals surface area contributed by atoms with Crippen LogP contribution in [0.4, 0.5) is 5.69 Å². The van der Waals surface area contributed by atoms with Crippen molar-refractivity contribution in [2.24, 2.45) is 7.05 Å². The third kappa shape index (κ3) is 2.29. The zero-order valence-corrected chi connectivity index (χ0v) is 9.69. The van der Waals surface area contributed by atoms with Gasteiger partial charge in [-0.05, 0) is 20.8 Å². The lowest BCUT2D eigenvalue weighted by molar-refractivity contribution is 0.0711. The Morgan fingerprint density at radius 2 is 2.27 bits per heavy atom. The highest BCUT2D eigenvalue weighted by atomic mass is 16.2. The number of amides is 1. The molecule has 0 bridgehead atoms. The number of nitrogens with two attached hydrogens (primary N) is 1. The predicted octanol–water partition coefficient (Wildman–Crippen LogP) is 0.873. The Bertz CT molecular complexity index is 356. The number of anilines is 1. The molecule has 0 saturated heterocycles. The summed E-state index contributed by atoms with van der Waals surface area (Å²) in [6.45, 7) is 6.55. The van der Waals surface area contributed by atoms with E-state index in [4.69, 9.17) is 5.73 Å². The molecule has 0 aliphatic rings. The van der Waals surface area contributed by atoms with Gasteiger partial charge in [-0.15, -0.1) is 0 Å². The molecule has 1 aromatic heterocycles. The van der Waals surface area contributed by atoms with Gasteiger partial charge in [0.2, 0.25) is 0 Å². The van der Waals surface area contributed by atoms with Gasteiger partial charge in [-0.1, -0.05) is 0 Å². The lowest BCUT2D eigenvalue weighted by Gasteiger charge is -2.24. The van der Waals surface area contributed by atoms with E-state index in [9.17, 15) is 4.79 Å². The highest BCUT2D eigenvalue weighted by molar-refractivity contribution is 5.97. The average Bonchev–Trinajstić information content (AvgIpc) is 2.45. The number of aromatic nitrogens is 2. The van der Waals surface area contributed by atoms with E-state index in [0.717, 1.165) is 0 Å². The molecule has 0 spiro atoms. The van der Waals surface area contributed by atoms with Crippen LogP contribution in [0.1, 0.15) is 31.3 Å². The maximum atomic E-state index is 12.0. The first-order valence-corrected chi connectivity index (χ1v) is 5.07. The van der Waals surface area contributed by atoms with Crippen LogP contribution in [0.3, 0.4) is 0 Å². The Labute approximate surface area is 89.9 Å². The normalized spacial score (nSPS) is 10.7. The van der Waals surface area contributed by atoms with Gasteiger partial charge >= 0.3 is 0 Å². The number of aryl methyl sites for hydroxylation is 1. The van der Waals surface area contributed by atoms with Gasteiger partial charge in [0, 0.05) is 25.8 Å². The van der Waals surface area contributed by atoms with E-state index in [1.54, 1.807) is 22.8 Å². The van der Waals surface area contributed by atoms with Crippen molar-refractivity contribution in [1.29, 1.82) is 0 Å². The molecule has 0 atom stereocenters. The molecule has 0 aromatic carbocycles. The molecule has 0 aliphatic carbocycles. The summed E-state index contributed by atoms with van der Waals surface area (Å²) in [5.74, 6) is -0.106. The smallest absolute Gasteiger partial charge is 0.276 e. The van der Waals surface area contributed by atoms with Gasteiger partial charge in [-0.2, -0.15) is 5.10 Å². The Hall–Kier alpha value is -1.52. The third-order valence-electron chi connectivity index (χ3n) is 2.28. The Morgan fingerprint density at radius 1 is 1.67 bits per heavy atom. The third-order valence-corrected chi connectivity index (χ3v) is 2.28. The minimum Gasteiger partial charge on any atom is -0.396 e. The number of carbonyl (C=O) groups excluding carboxylic acids is 1. The van der Waals surface area contributed by atoms with Gasteiger partial charge in [-0.3, -0.25) is 9.48 Å². The largest absolute Gasteiger partial charge is 0.396 e. The molecule has 2 N–H and O–H groups in total. The molecule has 0 radical (unpaired) electrons. The molecular formula is C10H18N4O. The van der Waals surface area contributed by atoms with E-state index in [1.165, 1.54) is 0 Å². The van der Waals surface area contributed by atoms with Crippen molar-refractivity contribution >= 4 is 11.6 Å². The van der Waals surface area contributed by atoms with Gasteiger partial charge in [0.15, 0.2) is 5.69 Å². The lowest BCUT2D eigenvalue weighted by Crippen LogP contribution is -2.37. The van der Waals surface area contributed by atoms with Crippen LogP contribution in [0.15, 0.2) is 6.20 Å². The van der Waals surface area contributed by atoms with Gasteiger partial charge in [0.1, 0.15) is 0 Å². The first kappa shape index (κ1) is 11.6. The standard InChI is InChI=1S/C10H18N4O/c1-5-14(7(2)3)10(15)9-8(11)6-13(4)12-9/h6-7H,5,11H2,1-4H3. The predicted molar refractivity (Wildman–Crippen MR) is 59.5 cm³/mol.